The zero-order chi connectivity index (χ0) is 23.7. The number of carboxylic acid groups (broad SMARTS) is 1. The van der Waals surface area contributed by atoms with E-state index >= 15 is 0 Å². The number of H-pyrrole nitrogens is 1. The zero-order valence-corrected chi connectivity index (χ0v) is 19.5. The minimum Gasteiger partial charge on any atom is -0.477 e. The molecule has 0 fully saturated rings. The van der Waals surface area contributed by atoms with Gasteiger partial charge in [-0.1, -0.05) is 49.4 Å². The molecular formula is C24H22N6O3S. The molecule has 0 radical (unpaired) electrons. The summed E-state index contributed by atoms with van der Waals surface area (Å²) in [4.78, 5) is 17.7. The molecule has 0 aliphatic rings. The number of imidazole rings is 1. The Hall–Kier alpha value is -4.05. The number of ether oxygens (including phenoxy) is 1. The number of hydrogen-bond donors (Lipinski definition) is 2. The van der Waals surface area contributed by atoms with Crippen LogP contribution in [0.3, 0.4) is 0 Å². The van der Waals surface area contributed by atoms with Gasteiger partial charge in [0.15, 0.2) is 5.82 Å². The molecule has 2 N–H and O–H groups in total. The Labute approximate surface area is 199 Å². The predicted molar refractivity (Wildman–Crippen MR) is 129 cm³/mol. The van der Waals surface area contributed by atoms with E-state index in [2.05, 4.69) is 25.6 Å². The number of aryl methyl sites for hydroxylation is 1. The van der Waals surface area contributed by atoms with Gasteiger partial charge in [-0.15, -0.1) is 16.4 Å². The van der Waals surface area contributed by atoms with Crippen molar-refractivity contribution < 1.29 is 14.6 Å². The standard InChI is InChI=1S/C24H22N6O3S/c1-3-11-33-24-25-19-14(2)34-21(23(31)32)20(19)30(24)13-15-9-10-17(16-7-5-4-6-8-16)18(12-15)22-26-28-29-27-22/h4-10,12H,3,11,13H2,1-2H3,(H,31,32)(H,26,27,28,29). The highest BCUT2D eigenvalue weighted by molar-refractivity contribution is 7.15. The fraction of sp³-hybridized carbons (Fsp3) is 0.208. The van der Waals surface area contributed by atoms with Crippen LogP contribution in [0.2, 0.25) is 0 Å². The minimum absolute atomic E-state index is 0.256. The van der Waals surface area contributed by atoms with Crippen LogP contribution in [0.15, 0.2) is 48.5 Å². The summed E-state index contributed by atoms with van der Waals surface area (Å²) in [7, 11) is 0. The van der Waals surface area contributed by atoms with E-state index in [4.69, 9.17) is 4.74 Å². The van der Waals surface area contributed by atoms with Gasteiger partial charge >= 0.3 is 5.97 Å². The Balaban J connectivity index is 1.64. The molecule has 0 atom stereocenters. The van der Waals surface area contributed by atoms with Crippen LogP contribution in [0.1, 0.15) is 33.5 Å². The van der Waals surface area contributed by atoms with Gasteiger partial charge in [0.25, 0.3) is 6.01 Å². The zero-order valence-electron chi connectivity index (χ0n) is 18.6. The molecule has 3 aromatic heterocycles. The quantitative estimate of drug-likeness (QED) is 0.332. The van der Waals surface area contributed by atoms with Crippen molar-refractivity contribution >= 4 is 28.3 Å². The number of benzene rings is 2. The monoisotopic (exact) mass is 474 g/mol. The van der Waals surface area contributed by atoms with Gasteiger partial charge < -0.3 is 9.84 Å². The Bertz CT molecular complexity index is 1460. The lowest BCUT2D eigenvalue weighted by Crippen LogP contribution is -2.08. The van der Waals surface area contributed by atoms with Crippen molar-refractivity contribution in [2.45, 2.75) is 26.8 Å². The molecule has 5 rings (SSSR count). The number of fused-ring (bicyclic) bond motifs is 1. The molecule has 0 aliphatic heterocycles. The van der Waals surface area contributed by atoms with Crippen molar-refractivity contribution in [3.05, 3.63) is 63.8 Å². The van der Waals surface area contributed by atoms with E-state index in [1.165, 1.54) is 11.3 Å². The fourth-order valence-corrected chi connectivity index (χ4v) is 4.90. The SMILES string of the molecule is CCCOc1nc2c(C)sc(C(=O)O)c2n1Cc1ccc(-c2ccccc2)c(-c2nnn[nH]2)c1. The molecule has 0 unspecified atom stereocenters. The molecule has 34 heavy (non-hydrogen) atoms. The average molecular weight is 475 g/mol. The second kappa shape index (κ2) is 9.06. The molecule has 9 nitrogen and oxygen atoms in total. The van der Waals surface area contributed by atoms with E-state index in [9.17, 15) is 9.90 Å². The van der Waals surface area contributed by atoms with E-state index in [-0.39, 0.29) is 4.88 Å². The minimum atomic E-state index is -0.973. The molecular weight excluding hydrogens is 452 g/mol. The lowest BCUT2D eigenvalue weighted by Gasteiger charge is -2.13. The van der Waals surface area contributed by atoms with Crippen molar-refractivity contribution in [3.8, 4) is 28.5 Å². The van der Waals surface area contributed by atoms with E-state index < -0.39 is 5.97 Å². The van der Waals surface area contributed by atoms with Crippen molar-refractivity contribution in [2.24, 2.45) is 0 Å². The molecule has 10 heteroatoms. The molecule has 0 saturated heterocycles. The van der Waals surface area contributed by atoms with Gasteiger partial charge in [-0.05, 0) is 46.5 Å². The number of nitrogens with zero attached hydrogens (tertiary/aromatic N) is 5. The highest BCUT2D eigenvalue weighted by Gasteiger charge is 2.24. The maximum Gasteiger partial charge on any atom is 0.348 e. The number of aromatic carboxylic acids is 1. The topological polar surface area (TPSA) is 119 Å². The van der Waals surface area contributed by atoms with Crippen molar-refractivity contribution in [1.29, 1.82) is 0 Å². The lowest BCUT2D eigenvalue weighted by molar-refractivity contribution is 0.0703. The second-order valence-electron chi connectivity index (χ2n) is 7.81. The summed E-state index contributed by atoms with van der Waals surface area (Å²) in [6, 6.07) is 16.5. The van der Waals surface area contributed by atoms with Crippen LogP contribution in [-0.2, 0) is 6.54 Å². The first-order chi connectivity index (χ1) is 16.6. The van der Waals surface area contributed by atoms with Crippen LogP contribution < -0.4 is 4.74 Å². The van der Waals surface area contributed by atoms with Crippen LogP contribution in [0.25, 0.3) is 33.5 Å². The highest BCUT2D eigenvalue weighted by Crippen LogP contribution is 2.36. The summed E-state index contributed by atoms with van der Waals surface area (Å²) in [5, 5.41) is 24.3. The van der Waals surface area contributed by atoms with Gasteiger partial charge in [-0.2, -0.15) is 4.98 Å². The number of tetrazole rings is 1. The maximum absolute atomic E-state index is 12.0. The molecule has 0 aliphatic carbocycles. The van der Waals surface area contributed by atoms with Crippen LogP contribution in [0.4, 0.5) is 0 Å². The van der Waals surface area contributed by atoms with E-state index in [0.29, 0.717) is 36.0 Å². The third-order valence-corrected chi connectivity index (χ3v) is 6.55. The first-order valence-corrected chi connectivity index (χ1v) is 11.7. The summed E-state index contributed by atoms with van der Waals surface area (Å²) in [6.07, 6.45) is 0.818. The number of rotatable bonds is 8. The number of nitrogens with one attached hydrogen (secondary N) is 1. The molecule has 0 bridgehead atoms. The number of thiophene rings is 1. The Morgan fingerprint density at radius 2 is 2.00 bits per heavy atom. The van der Waals surface area contributed by atoms with Crippen molar-refractivity contribution in [2.75, 3.05) is 6.61 Å². The number of carbonyl (C=O) groups is 1. The van der Waals surface area contributed by atoms with Gasteiger partial charge in [-0.25, -0.2) is 9.89 Å². The van der Waals surface area contributed by atoms with Crippen LogP contribution >= 0.6 is 11.3 Å². The number of aromatic amines is 1. The second-order valence-corrected chi connectivity index (χ2v) is 9.04. The Morgan fingerprint density at radius 1 is 1.18 bits per heavy atom. The predicted octanol–water partition coefficient (Wildman–Crippen LogP) is 4.79. The van der Waals surface area contributed by atoms with Crippen LogP contribution in [-0.4, -0.2) is 47.9 Å². The van der Waals surface area contributed by atoms with Gasteiger partial charge in [0.2, 0.25) is 0 Å². The molecule has 0 amide bonds. The third-order valence-electron chi connectivity index (χ3n) is 5.48. The maximum atomic E-state index is 12.0. The molecule has 3 heterocycles. The normalized spacial score (nSPS) is 11.2. The van der Waals surface area contributed by atoms with Gasteiger partial charge in [0.05, 0.1) is 18.7 Å². The molecule has 172 valence electrons. The summed E-state index contributed by atoms with van der Waals surface area (Å²) < 4.78 is 7.76. The molecule has 0 spiro atoms. The Morgan fingerprint density at radius 3 is 2.71 bits per heavy atom. The average Bonchev–Trinajstić information content (AvgIpc) is 3.57. The largest absolute Gasteiger partial charge is 0.477 e. The van der Waals surface area contributed by atoms with E-state index in [1.807, 2.05) is 66.9 Å². The fourth-order valence-electron chi connectivity index (χ4n) is 3.96. The Kier molecular flexibility index (Phi) is 5.81. The van der Waals surface area contributed by atoms with Crippen LogP contribution in [0.5, 0.6) is 6.01 Å². The van der Waals surface area contributed by atoms with Gasteiger partial charge in [-0.3, -0.25) is 4.57 Å². The first-order valence-electron chi connectivity index (χ1n) is 10.8. The lowest BCUT2D eigenvalue weighted by atomic mass is 9.97. The molecule has 0 saturated carbocycles. The van der Waals surface area contributed by atoms with Crippen molar-refractivity contribution in [3.63, 3.8) is 0 Å². The summed E-state index contributed by atoms with van der Waals surface area (Å²) in [5.41, 5.74) is 5.05. The molecule has 5 aromatic rings. The summed E-state index contributed by atoms with van der Waals surface area (Å²) in [6.45, 7) is 4.77. The van der Waals surface area contributed by atoms with E-state index in [0.717, 1.165) is 33.6 Å². The van der Waals surface area contributed by atoms with Gasteiger partial charge in [0, 0.05) is 10.4 Å². The molecule has 2 aromatic carbocycles. The number of hydrogen-bond acceptors (Lipinski definition) is 7. The first kappa shape index (κ1) is 21.8. The number of aromatic nitrogens is 6. The highest BCUT2D eigenvalue weighted by atomic mass is 32.1. The third kappa shape index (κ3) is 3.92. The number of carboxylic acids is 1. The van der Waals surface area contributed by atoms with E-state index in [1.54, 1.807) is 0 Å². The van der Waals surface area contributed by atoms with Crippen molar-refractivity contribution in [1.82, 2.24) is 30.2 Å². The summed E-state index contributed by atoms with van der Waals surface area (Å²) >= 11 is 1.23. The smallest absolute Gasteiger partial charge is 0.348 e. The van der Waals surface area contributed by atoms with Gasteiger partial charge in [0.1, 0.15) is 10.4 Å². The summed E-state index contributed by atoms with van der Waals surface area (Å²) in [5.74, 6) is -0.421. The van der Waals surface area contributed by atoms with Crippen LogP contribution in [0, 0.1) is 6.92 Å².